The van der Waals surface area contributed by atoms with E-state index in [1.54, 1.807) is 18.3 Å². The van der Waals surface area contributed by atoms with Gasteiger partial charge in [0.15, 0.2) is 0 Å². The van der Waals surface area contributed by atoms with Crippen molar-refractivity contribution in [1.29, 1.82) is 0 Å². The fraction of sp³-hybridized carbons (Fsp3) is 0.375. The van der Waals surface area contributed by atoms with E-state index in [1.165, 1.54) is 0 Å². The monoisotopic (exact) mass is 303 g/mol. The predicted molar refractivity (Wildman–Crippen MR) is 85.4 cm³/mol. The number of pyridine rings is 1. The Morgan fingerprint density at radius 3 is 2.86 bits per heavy atom. The minimum Gasteiger partial charge on any atom is -0.325 e. The first kappa shape index (κ1) is 14.3. The van der Waals surface area contributed by atoms with Crippen LogP contribution in [0.25, 0.3) is 10.9 Å². The number of fused-ring (bicyclic) bond motifs is 1. The number of hydrogen-bond donors (Lipinski definition) is 2. The van der Waals surface area contributed by atoms with Gasteiger partial charge in [0.2, 0.25) is 5.91 Å². The molecule has 1 fully saturated rings. The summed E-state index contributed by atoms with van der Waals surface area (Å²) >= 11 is 6.15. The van der Waals surface area contributed by atoms with Crippen molar-refractivity contribution in [3.8, 4) is 0 Å². The number of rotatable bonds is 3. The molecule has 21 heavy (non-hydrogen) atoms. The molecule has 3 N–H and O–H groups in total. The van der Waals surface area contributed by atoms with Crippen molar-refractivity contribution in [2.75, 3.05) is 5.32 Å². The molecule has 4 nitrogen and oxygen atoms in total. The van der Waals surface area contributed by atoms with E-state index in [9.17, 15) is 4.79 Å². The third-order valence-corrected chi connectivity index (χ3v) is 4.43. The highest BCUT2D eigenvalue weighted by Crippen LogP contribution is 2.31. The first-order valence-electron chi connectivity index (χ1n) is 7.19. The molecular weight excluding hydrogens is 286 g/mol. The average Bonchev–Trinajstić information content (AvgIpc) is 2.88. The van der Waals surface area contributed by atoms with E-state index >= 15 is 0 Å². The minimum absolute atomic E-state index is 0.0614. The molecule has 0 radical (unpaired) electrons. The van der Waals surface area contributed by atoms with Crippen molar-refractivity contribution in [3.05, 3.63) is 35.5 Å². The lowest BCUT2D eigenvalue weighted by Gasteiger charge is -2.22. The van der Waals surface area contributed by atoms with Crippen LogP contribution in [-0.2, 0) is 4.79 Å². The van der Waals surface area contributed by atoms with Gasteiger partial charge in [0.25, 0.3) is 0 Å². The standard InChI is InChI=1S/C16H18ClN3O/c17-12-5-6-13(15-11(12)4-3-9-19-15)20-14(21)10-16(18)7-1-2-8-16/h3-6,9H,1-2,7-8,10,18H2,(H,20,21). The lowest BCUT2D eigenvalue weighted by Crippen LogP contribution is -2.40. The molecule has 1 aromatic heterocycles. The summed E-state index contributed by atoms with van der Waals surface area (Å²) in [4.78, 5) is 16.6. The topological polar surface area (TPSA) is 68.0 Å². The Morgan fingerprint density at radius 1 is 1.33 bits per heavy atom. The van der Waals surface area contributed by atoms with Gasteiger partial charge in [-0.15, -0.1) is 0 Å². The Labute approximate surface area is 128 Å². The summed E-state index contributed by atoms with van der Waals surface area (Å²) in [6, 6.07) is 7.28. The van der Waals surface area contributed by atoms with Crippen LogP contribution >= 0.6 is 11.6 Å². The van der Waals surface area contributed by atoms with E-state index in [4.69, 9.17) is 17.3 Å². The summed E-state index contributed by atoms with van der Waals surface area (Å²) in [5.41, 5.74) is 7.29. The molecule has 0 spiro atoms. The van der Waals surface area contributed by atoms with Gasteiger partial charge in [-0.3, -0.25) is 9.78 Å². The number of carbonyl (C=O) groups excluding carboxylic acids is 1. The molecule has 1 aliphatic carbocycles. The summed E-state index contributed by atoms with van der Waals surface area (Å²) in [7, 11) is 0. The summed E-state index contributed by atoms with van der Waals surface area (Å²) in [5.74, 6) is -0.0614. The normalized spacial score (nSPS) is 17.0. The van der Waals surface area contributed by atoms with Crippen molar-refractivity contribution in [3.63, 3.8) is 0 Å². The minimum atomic E-state index is -0.347. The second-order valence-electron chi connectivity index (χ2n) is 5.79. The molecule has 1 aromatic carbocycles. The Morgan fingerprint density at radius 2 is 2.10 bits per heavy atom. The van der Waals surface area contributed by atoms with E-state index < -0.39 is 0 Å². The third-order valence-electron chi connectivity index (χ3n) is 4.10. The van der Waals surface area contributed by atoms with Gasteiger partial charge in [0, 0.05) is 23.5 Å². The number of benzene rings is 1. The highest BCUT2D eigenvalue weighted by atomic mass is 35.5. The van der Waals surface area contributed by atoms with Gasteiger partial charge in [0.1, 0.15) is 0 Å². The first-order valence-corrected chi connectivity index (χ1v) is 7.57. The third kappa shape index (κ3) is 3.01. The Balaban J connectivity index is 1.82. The van der Waals surface area contributed by atoms with Crippen LogP contribution in [0.15, 0.2) is 30.5 Å². The van der Waals surface area contributed by atoms with E-state index in [0.29, 0.717) is 22.6 Å². The lowest BCUT2D eigenvalue weighted by molar-refractivity contribution is -0.117. The smallest absolute Gasteiger partial charge is 0.226 e. The molecule has 110 valence electrons. The average molecular weight is 304 g/mol. The zero-order chi connectivity index (χ0) is 14.9. The maximum atomic E-state index is 12.3. The molecule has 3 rings (SSSR count). The van der Waals surface area contributed by atoms with E-state index in [2.05, 4.69) is 10.3 Å². The quantitative estimate of drug-likeness (QED) is 0.912. The number of amides is 1. The van der Waals surface area contributed by atoms with Gasteiger partial charge in [-0.05, 0) is 37.1 Å². The van der Waals surface area contributed by atoms with Gasteiger partial charge in [-0.1, -0.05) is 24.4 Å². The van der Waals surface area contributed by atoms with Crippen LogP contribution in [0.3, 0.4) is 0 Å². The largest absolute Gasteiger partial charge is 0.325 e. The van der Waals surface area contributed by atoms with Gasteiger partial charge < -0.3 is 11.1 Å². The van der Waals surface area contributed by atoms with E-state index in [1.807, 2.05) is 12.1 Å². The van der Waals surface area contributed by atoms with Crippen molar-refractivity contribution < 1.29 is 4.79 Å². The Kier molecular flexibility index (Phi) is 3.83. The van der Waals surface area contributed by atoms with Gasteiger partial charge in [0.05, 0.1) is 16.2 Å². The van der Waals surface area contributed by atoms with Crippen LogP contribution in [0.5, 0.6) is 0 Å². The summed E-state index contributed by atoms with van der Waals surface area (Å²) in [6.07, 6.45) is 6.09. The molecule has 0 saturated heterocycles. The highest BCUT2D eigenvalue weighted by molar-refractivity contribution is 6.35. The van der Waals surface area contributed by atoms with Crippen LogP contribution < -0.4 is 11.1 Å². The zero-order valence-corrected chi connectivity index (χ0v) is 12.5. The van der Waals surface area contributed by atoms with Crippen LogP contribution in [0, 0.1) is 0 Å². The number of carbonyl (C=O) groups is 1. The van der Waals surface area contributed by atoms with Crippen LogP contribution in [0.2, 0.25) is 5.02 Å². The lowest BCUT2D eigenvalue weighted by atomic mass is 9.94. The zero-order valence-electron chi connectivity index (χ0n) is 11.7. The van der Waals surface area contributed by atoms with E-state index in [-0.39, 0.29) is 11.4 Å². The maximum Gasteiger partial charge on any atom is 0.226 e. The van der Waals surface area contributed by atoms with Crippen LogP contribution in [0.4, 0.5) is 5.69 Å². The van der Waals surface area contributed by atoms with E-state index in [0.717, 1.165) is 31.1 Å². The molecule has 1 saturated carbocycles. The predicted octanol–water partition coefficient (Wildman–Crippen LogP) is 3.49. The van der Waals surface area contributed by atoms with Gasteiger partial charge >= 0.3 is 0 Å². The maximum absolute atomic E-state index is 12.3. The van der Waals surface area contributed by atoms with Gasteiger partial charge in [-0.2, -0.15) is 0 Å². The first-order chi connectivity index (χ1) is 10.1. The fourth-order valence-electron chi connectivity index (χ4n) is 3.01. The second kappa shape index (κ2) is 5.62. The number of nitrogens with one attached hydrogen (secondary N) is 1. The summed E-state index contributed by atoms with van der Waals surface area (Å²) in [5, 5.41) is 4.38. The number of nitrogens with two attached hydrogens (primary N) is 1. The number of anilines is 1. The van der Waals surface area contributed by atoms with Crippen molar-refractivity contribution >= 4 is 34.1 Å². The van der Waals surface area contributed by atoms with Crippen LogP contribution in [0.1, 0.15) is 32.1 Å². The molecule has 1 amide bonds. The molecule has 1 heterocycles. The molecule has 0 bridgehead atoms. The summed E-state index contributed by atoms with van der Waals surface area (Å²) in [6.45, 7) is 0. The molecule has 0 unspecified atom stereocenters. The number of aromatic nitrogens is 1. The second-order valence-corrected chi connectivity index (χ2v) is 6.20. The SMILES string of the molecule is NC1(CC(=O)Nc2ccc(Cl)c3cccnc23)CCCC1. The molecule has 1 aliphatic rings. The summed E-state index contributed by atoms with van der Waals surface area (Å²) < 4.78 is 0. The number of hydrogen-bond acceptors (Lipinski definition) is 3. The van der Waals surface area contributed by atoms with Crippen molar-refractivity contribution in [2.45, 2.75) is 37.6 Å². The molecule has 2 aromatic rings. The number of nitrogens with zero attached hydrogens (tertiary/aromatic N) is 1. The molecule has 0 aliphatic heterocycles. The molecule has 5 heteroatoms. The number of halogens is 1. The highest BCUT2D eigenvalue weighted by Gasteiger charge is 2.31. The Bertz CT molecular complexity index is 680. The fourth-order valence-corrected chi connectivity index (χ4v) is 3.22. The van der Waals surface area contributed by atoms with Crippen LogP contribution in [-0.4, -0.2) is 16.4 Å². The molecular formula is C16H18ClN3O. The van der Waals surface area contributed by atoms with Crippen molar-refractivity contribution in [1.82, 2.24) is 4.98 Å². The molecule has 0 atom stereocenters. The van der Waals surface area contributed by atoms with Crippen molar-refractivity contribution in [2.24, 2.45) is 5.73 Å². The Hall–Kier alpha value is -1.65. The van der Waals surface area contributed by atoms with Gasteiger partial charge in [-0.25, -0.2) is 0 Å².